The summed E-state index contributed by atoms with van der Waals surface area (Å²) in [5.74, 6) is 0.787. The molecule has 1 atom stereocenters. The standard InChI is InChI=1S/C22H23N3O3/c1-14-4-3-5-16(12-14)20-19-18(23-22(27)24-20)13-25(21(19)26)11-10-15-6-8-17(28-2)9-7-15/h3-9,12,20H,10-11,13H2,1-2H3,(H2,23,24,27)/t20-/m0/s1. The highest BCUT2D eigenvalue weighted by Gasteiger charge is 2.40. The molecular formula is C22H23N3O3. The topological polar surface area (TPSA) is 70.7 Å². The molecule has 0 radical (unpaired) electrons. The van der Waals surface area contributed by atoms with Gasteiger partial charge in [0.15, 0.2) is 0 Å². The number of methoxy groups -OCH3 is 1. The largest absolute Gasteiger partial charge is 0.497 e. The van der Waals surface area contributed by atoms with Crippen LogP contribution in [0.5, 0.6) is 5.75 Å². The summed E-state index contributed by atoms with van der Waals surface area (Å²) in [6, 6.07) is 15.1. The minimum atomic E-state index is -0.415. The van der Waals surface area contributed by atoms with Crippen LogP contribution in [0.1, 0.15) is 22.7 Å². The van der Waals surface area contributed by atoms with Crippen LogP contribution < -0.4 is 15.4 Å². The minimum Gasteiger partial charge on any atom is -0.497 e. The third-order valence-corrected chi connectivity index (χ3v) is 5.23. The molecule has 0 saturated heterocycles. The number of aryl methyl sites for hydroxylation is 1. The van der Waals surface area contributed by atoms with E-state index in [1.807, 2.05) is 55.5 Å². The van der Waals surface area contributed by atoms with Gasteiger partial charge < -0.3 is 20.3 Å². The molecule has 0 bridgehead atoms. The predicted molar refractivity (Wildman–Crippen MR) is 106 cm³/mol. The monoisotopic (exact) mass is 377 g/mol. The number of urea groups is 1. The summed E-state index contributed by atoms with van der Waals surface area (Å²) in [6.45, 7) is 3.02. The fourth-order valence-corrected chi connectivity index (χ4v) is 3.76. The first kappa shape index (κ1) is 18.1. The molecule has 2 heterocycles. The number of nitrogens with one attached hydrogen (secondary N) is 2. The number of hydrogen-bond acceptors (Lipinski definition) is 3. The van der Waals surface area contributed by atoms with Crippen molar-refractivity contribution in [3.63, 3.8) is 0 Å². The number of amides is 3. The Bertz CT molecular complexity index is 950. The van der Waals surface area contributed by atoms with Crippen molar-refractivity contribution < 1.29 is 14.3 Å². The number of benzene rings is 2. The minimum absolute atomic E-state index is 0.0254. The lowest BCUT2D eigenvalue weighted by atomic mass is 9.95. The van der Waals surface area contributed by atoms with Crippen LogP contribution in [0.25, 0.3) is 0 Å². The lowest BCUT2D eigenvalue weighted by Gasteiger charge is -2.25. The molecule has 2 aromatic carbocycles. The summed E-state index contributed by atoms with van der Waals surface area (Å²) in [6.07, 6.45) is 0.743. The Morgan fingerprint density at radius 2 is 1.93 bits per heavy atom. The lowest BCUT2D eigenvalue weighted by Crippen LogP contribution is -2.44. The Hall–Kier alpha value is -3.28. The lowest BCUT2D eigenvalue weighted by molar-refractivity contribution is -0.125. The van der Waals surface area contributed by atoms with Gasteiger partial charge in [0.1, 0.15) is 5.75 Å². The zero-order valence-electron chi connectivity index (χ0n) is 16.0. The molecule has 0 spiro atoms. The highest BCUT2D eigenvalue weighted by atomic mass is 16.5. The Kier molecular flexibility index (Phi) is 4.77. The first-order valence-corrected chi connectivity index (χ1v) is 9.34. The van der Waals surface area contributed by atoms with Crippen molar-refractivity contribution >= 4 is 11.9 Å². The molecule has 6 nitrogen and oxygen atoms in total. The third kappa shape index (κ3) is 3.45. The van der Waals surface area contributed by atoms with Gasteiger partial charge in [-0.25, -0.2) is 4.79 Å². The van der Waals surface area contributed by atoms with Gasteiger partial charge in [0.2, 0.25) is 0 Å². The number of carbonyl (C=O) groups excluding carboxylic acids is 2. The molecule has 0 aromatic heterocycles. The summed E-state index contributed by atoms with van der Waals surface area (Å²) >= 11 is 0. The molecule has 28 heavy (non-hydrogen) atoms. The van der Waals surface area contributed by atoms with Gasteiger partial charge in [0, 0.05) is 6.54 Å². The highest BCUT2D eigenvalue weighted by molar-refractivity contribution is 6.01. The van der Waals surface area contributed by atoms with E-state index in [0.29, 0.717) is 24.4 Å². The van der Waals surface area contributed by atoms with Crippen molar-refractivity contribution in [3.05, 3.63) is 76.5 Å². The van der Waals surface area contributed by atoms with E-state index in [2.05, 4.69) is 10.6 Å². The first-order chi connectivity index (χ1) is 13.5. The fourth-order valence-electron chi connectivity index (χ4n) is 3.76. The third-order valence-electron chi connectivity index (χ3n) is 5.23. The number of carbonyl (C=O) groups is 2. The molecule has 0 aliphatic carbocycles. The van der Waals surface area contributed by atoms with Crippen LogP contribution >= 0.6 is 0 Å². The van der Waals surface area contributed by atoms with E-state index >= 15 is 0 Å². The van der Waals surface area contributed by atoms with E-state index in [9.17, 15) is 9.59 Å². The molecule has 4 rings (SSSR count). The second kappa shape index (κ2) is 7.38. The zero-order valence-corrected chi connectivity index (χ0v) is 16.0. The van der Waals surface area contributed by atoms with Crippen LogP contribution in [0.2, 0.25) is 0 Å². The molecule has 2 aliphatic heterocycles. The van der Waals surface area contributed by atoms with Crippen LogP contribution in [0.15, 0.2) is 59.8 Å². The molecule has 2 N–H and O–H groups in total. The first-order valence-electron chi connectivity index (χ1n) is 9.34. The van der Waals surface area contributed by atoms with E-state index in [1.165, 1.54) is 0 Å². The molecule has 6 heteroatoms. The molecule has 144 valence electrons. The van der Waals surface area contributed by atoms with E-state index in [1.54, 1.807) is 12.0 Å². The van der Waals surface area contributed by atoms with E-state index in [4.69, 9.17) is 4.74 Å². The summed E-state index contributed by atoms with van der Waals surface area (Å²) in [5, 5.41) is 5.72. The predicted octanol–water partition coefficient (Wildman–Crippen LogP) is 2.70. The number of nitrogens with zero attached hydrogens (tertiary/aromatic N) is 1. The van der Waals surface area contributed by atoms with Crippen LogP contribution in [-0.2, 0) is 11.2 Å². The second-order valence-corrected chi connectivity index (χ2v) is 7.16. The number of rotatable bonds is 5. The van der Waals surface area contributed by atoms with Crippen molar-refractivity contribution in [2.24, 2.45) is 0 Å². The van der Waals surface area contributed by atoms with E-state index in [0.717, 1.165) is 28.9 Å². The fraction of sp³-hybridized carbons (Fsp3) is 0.273. The van der Waals surface area contributed by atoms with Gasteiger partial charge in [-0.3, -0.25) is 4.79 Å². The smallest absolute Gasteiger partial charge is 0.319 e. The Labute approximate surface area is 164 Å². The van der Waals surface area contributed by atoms with E-state index in [-0.39, 0.29) is 11.9 Å². The van der Waals surface area contributed by atoms with Crippen molar-refractivity contribution in [1.29, 1.82) is 0 Å². The van der Waals surface area contributed by atoms with E-state index < -0.39 is 6.04 Å². The molecule has 2 aliphatic rings. The van der Waals surface area contributed by atoms with Crippen molar-refractivity contribution in [2.45, 2.75) is 19.4 Å². The normalized spacial score (nSPS) is 18.6. The Morgan fingerprint density at radius 1 is 1.14 bits per heavy atom. The summed E-state index contributed by atoms with van der Waals surface area (Å²) < 4.78 is 5.18. The second-order valence-electron chi connectivity index (χ2n) is 7.16. The number of hydrogen-bond donors (Lipinski definition) is 2. The van der Waals surface area contributed by atoms with Crippen molar-refractivity contribution in [2.75, 3.05) is 20.2 Å². The van der Waals surface area contributed by atoms with Gasteiger partial charge in [-0.1, -0.05) is 42.0 Å². The maximum atomic E-state index is 13.1. The maximum Gasteiger partial charge on any atom is 0.319 e. The summed E-state index contributed by atoms with van der Waals surface area (Å²) in [4.78, 5) is 27.0. The van der Waals surface area contributed by atoms with Crippen molar-refractivity contribution in [1.82, 2.24) is 15.5 Å². The van der Waals surface area contributed by atoms with Gasteiger partial charge in [-0.2, -0.15) is 0 Å². The molecule has 0 unspecified atom stereocenters. The molecule has 0 saturated carbocycles. The average molecular weight is 377 g/mol. The van der Waals surface area contributed by atoms with Gasteiger partial charge in [0.05, 0.1) is 31.0 Å². The van der Waals surface area contributed by atoms with Crippen LogP contribution in [0, 0.1) is 6.92 Å². The quantitative estimate of drug-likeness (QED) is 0.842. The molecule has 3 amide bonds. The highest BCUT2D eigenvalue weighted by Crippen LogP contribution is 2.32. The van der Waals surface area contributed by atoms with Gasteiger partial charge in [-0.05, 0) is 36.6 Å². The zero-order chi connectivity index (χ0) is 19.7. The number of ether oxygens (including phenoxy) is 1. The Balaban J connectivity index is 1.51. The van der Waals surface area contributed by atoms with Crippen molar-refractivity contribution in [3.8, 4) is 5.75 Å². The van der Waals surface area contributed by atoms with Crippen LogP contribution in [0.3, 0.4) is 0 Å². The average Bonchev–Trinajstić information content (AvgIpc) is 3.01. The van der Waals surface area contributed by atoms with Crippen LogP contribution in [-0.4, -0.2) is 37.0 Å². The molecule has 2 aromatic rings. The Morgan fingerprint density at radius 3 is 2.64 bits per heavy atom. The maximum absolute atomic E-state index is 13.1. The van der Waals surface area contributed by atoms with Crippen LogP contribution in [0.4, 0.5) is 4.79 Å². The van der Waals surface area contributed by atoms with Gasteiger partial charge in [0.25, 0.3) is 5.91 Å². The van der Waals surface area contributed by atoms with Gasteiger partial charge in [-0.15, -0.1) is 0 Å². The SMILES string of the molecule is COc1ccc(CCN2CC3=C(C2=O)[C@H](c2cccc(C)c2)NC(=O)N3)cc1. The molecule has 0 fully saturated rings. The summed E-state index contributed by atoms with van der Waals surface area (Å²) in [7, 11) is 1.64. The molecular weight excluding hydrogens is 354 g/mol. The summed E-state index contributed by atoms with van der Waals surface area (Å²) in [5.41, 5.74) is 4.49. The van der Waals surface area contributed by atoms with Gasteiger partial charge >= 0.3 is 6.03 Å².